The van der Waals surface area contributed by atoms with Gasteiger partial charge in [0.25, 0.3) is 0 Å². The number of nitrogens with one attached hydrogen (secondary N) is 2. The summed E-state index contributed by atoms with van der Waals surface area (Å²) in [6.07, 6.45) is 0.453. The number of benzene rings is 2. The number of amides is 3. The first-order valence-electron chi connectivity index (χ1n) is 13.3. The van der Waals surface area contributed by atoms with Gasteiger partial charge >= 0.3 is 0 Å². The molecular formula is C28H32N6O5. The van der Waals surface area contributed by atoms with Crippen LogP contribution in [0.1, 0.15) is 25.8 Å². The second-order valence-corrected chi connectivity index (χ2v) is 10.9. The third-order valence-electron chi connectivity index (χ3n) is 8.82. The molecular weight excluding hydrogens is 500 g/mol. The molecule has 3 fully saturated rings. The van der Waals surface area contributed by atoms with Gasteiger partial charge in [-0.15, -0.1) is 5.10 Å². The van der Waals surface area contributed by atoms with Crippen molar-refractivity contribution in [3.63, 3.8) is 0 Å². The molecule has 0 saturated carbocycles. The lowest BCUT2D eigenvalue weighted by Gasteiger charge is -2.36. The fourth-order valence-corrected chi connectivity index (χ4v) is 6.97. The number of hydrogen-bond acceptors (Lipinski definition) is 7. The van der Waals surface area contributed by atoms with E-state index in [1.807, 2.05) is 68.4 Å². The second-order valence-electron chi connectivity index (χ2n) is 10.9. The number of nitrogens with zero attached hydrogens (tertiary/aromatic N) is 4. The molecule has 0 aliphatic carbocycles. The molecule has 2 bridgehead atoms. The molecule has 6 atom stereocenters. The van der Waals surface area contributed by atoms with Crippen LogP contribution in [-0.2, 0) is 32.3 Å². The monoisotopic (exact) mass is 532 g/mol. The molecule has 1 spiro atoms. The molecule has 3 aliphatic heterocycles. The predicted octanol–water partition coefficient (Wildman–Crippen LogP) is 0.824. The molecule has 3 aliphatic rings. The summed E-state index contributed by atoms with van der Waals surface area (Å²) >= 11 is 0. The Kier molecular flexibility index (Phi) is 6.15. The zero-order valence-corrected chi connectivity index (χ0v) is 21.9. The van der Waals surface area contributed by atoms with Gasteiger partial charge in [0, 0.05) is 13.1 Å². The van der Waals surface area contributed by atoms with Gasteiger partial charge in [-0.05, 0) is 37.0 Å². The number of aliphatic hydroxyl groups is 1. The molecule has 0 radical (unpaired) electrons. The maximum Gasteiger partial charge on any atom is 0.247 e. The largest absolute Gasteiger partial charge is 0.395 e. The van der Waals surface area contributed by atoms with Gasteiger partial charge < -0.3 is 25.4 Å². The quantitative estimate of drug-likeness (QED) is 0.391. The number of aromatic nitrogens is 3. The van der Waals surface area contributed by atoms with E-state index in [4.69, 9.17) is 4.74 Å². The minimum absolute atomic E-state index is 0.0335. The smallest absolute Gasteiger partial charge is 0.247 e. The molecule has 3 N–H and O–H groups in total. The minimum Gasteiger partial charge on any atom is -0.395 e. The van der Waals surface area contributed by atoms with Crippen molar-refractivity contribution < 1.29 is 24.2 Å². The third kappa shape index (κ3) is 3.82. The number of aliphatic hydroxyl groups excluding tert-OH is 1. The summed E-state index contributed by atoms with van der Waals surface area (Å²) in [5, 5.41) is 23.9. The number of carbonyl (C=O) groups excluding carboxylic acids is 3. The van der Waals surface area contributed by atoms with Crippen molar-refractivity contribution in [2.24, 2.45) is 17.8 Å². The molecule has 11 heteroatoms. The van der Waals surface area contributed by atoms with Crippen LogP contribution < -0.4 is 10.6 Å². The lowest BCUT2D eigenvalue weighted by molar-refractivity contribution is -0.148. The van der Waals surface area contributed by atoms with Crippen molar-refractivity contribution in [2.45, 2.75) is 50.7 Å². The van der Waals surface area contributed by atoms with E-state index in [9.17, 15) is 19.5 Å². The summed E-state index contributed by atoms with van der Waals surface area (Å²) in [5.74, 6) is -2.70. The average molecular weight is 533 g/mol. The van der Waals surface area contributed by atoms with Crippen LogP contribution in [-0.4, -0.2) is 73.1 Å². The molecule has 2 aromatic carbocycles. The fourth-order valence-electron chi connectivity index (χ4n) is 6.97. The van der Waals surface area contributed by atoms with Gasteiger partial charge in [-0.2, -0.15) is 0 Å². The van der Waals surface area contributed by atoms with Crippen LogP contribution in [0.2, 0.25) is 0 Å². The van der Waals surface area contributed by atoms with Gasteiger partial charge in [-0.1, -0.05) is 54.6 Å². The standard InChI is InChI=1S/C28H32N6O5/c1-17-14-28-22(21(27(17,2)39-28)24(36)29-15-18-8-4-3-5-9-18)26(38)33(12-13-35)23(28)25(37)30-16-34-20-11-7-6-10-19(20)31-32-34/h3-11,17,21-23,35H,12-16H2,1-2H3,(H,29,36)(H,30,37)/t17?,21-,22-,23?,27+,28?/m0/s1. The molecule has 3 unspecified atom stereocenters. The lowest BCUT2D eigenvalue weighted by Crippen LogP contribution is -2.56. The summed E-state index contributed by atoms with van der Waals surface area (Å²) in [6.45, 7) is 3.89. The highest BCUT2D eigenvalue weighted by Crippen LogP contribution is 2.65. The normalized spacial score (nSPS) is 31.1. The number of hydrogen-bond donors (Lipinski definition) is 3. The maximum absolute atomic E-state index is 13.9. The van der Waals surface area contributed by atoms with Crippen LogP contribution in [0, 0.1) is 17.8 Å². The highest BCUT2D eigenvalue weighted by Gasteiger charge is 2.79. The molecule has 3 saturated heterocycles. The van der Waals surface area contributed by atoms with Gasteiger partial charge in [-0.25, -0.2) is 4.68 Å². The summed E-state index contributed by atoms with van der Waals surface area (Å²) in [7, 11) is 0. The Morgan fingerprint density at radius 2 is 1.85 bits per heavy atom. The van der Waals surface area contributed by atoms with Crippen LogP contribution >= 0.6 is 0 Å². The highest BCUT2D eigenvalue weighted by atomic mass is 16.5. The summed E-state index contributed by atoms with van der Waals surface area (Å²) in [4.78, 5) is 42.7. The van der Waals surface area contributed by atoms with E-state index in [1.54, 1.807) is 4.68 Å². The zero-order valence-electron chi connectivity index (χ0n) is 21.9. The number of fused-ring (bicyclic) bond motifs is 2. The van der Waals surface area contributed by atoms with E-state index in [0.29, 0.717) is 18.5 Å². The van der Waals surface area contributed by atoms with Crippen LogP contribution in [0.4, 0.5) is 0 Å². The van der Waals surface area contributed by atoms with E-state index < -0.39 is 35.0 Å². The van der Waals surface area contributed by atoms with E-state index in [-0.39, 0.29) is 37.6 Å². The van der Waals surface area contributed by atoms with Gasteiger partial charge in [-0.3, -0.25) is 14.4 Å². The number of likely N-dealkylation sites (tertiary alicyclic amines) is 1. The molecule has 3 aromatic rings. The topological polar surface area (TPSA) is 139 Å². The van der Waals surface area contributed by atoms with Gasteiger partial charge in [0.15, 0.2) is 0 Å². The Hall–Kier alpha value is -3.83. The Morgan fingerprint density at radius 3 is 2.62 bits per heavy atom. The molecule has 11 nitrogen and oxygen atoms in total. The molecule has 4 heterocycles. The summed E-state index contributed by atoms with van der Waals surface area (Å²) in [5.41, 5.74) is 0.321. The van der Waals surface area contributed by atoms with Crippen LogP contribution in [0.25, 0.3) is 11.0 Å². The van der Waals surface area contributed by atoms with Gasteiger partial charge in [0.1, 0.15) is 23.8 Å². The maximum atomic E-state index is 13.9. The third-order valence-corrected chi connectivity index (χ3v) is 8.82. The van der Waals surface area contributed by atoms with Crippen LogP contribution in [0.3, 0.4) is 0 Å². The molecule has 3 amide bonds. The Morgan fingerprint density at radius 1 is 1.10 bits per heavy atom. The summed E-state index contributed by atoms with van der Waals surface area (Å²) < 4.78 is 8.23. The minimum atomic E-state index is -1.18. The summed E-state index contributed by atoms with van der Waals surface area (Å²) in [6, 6.07) is 16.0. The van der Waals surface area contributed by atoms with Crippen molar-refractivity contribution in [3.8, 4) is 0 Å². The van der Waals surface area contributed by atoms with E-state index in [1.165, 1.54) is 4.90 Å². The lowest BCUT2D eigenvalue weighted by atomic mass is 9.62. The highest BCUT2D eigenvalue weighted by molar-refractivity contribution is 5.99. The van der Waals surface area contributed by atoms with Gasteiger partial charge in [0.2, 0.25) is 17.7 Å². The van der Waals surface area contributed by atoms with E-state index in [2.05, 4.69) is 20.9 Å². The van der Waals surface area contributed by atoms with Crippen molar-refractivity contribution in [3.05, 3.63) is 60.2 Å². The number of rotatable bonds is 8. The van der Waals surface area contributed by atoms with Crippen molar-refractivity contribution >= 4 is 28.8 Å². The number of ether oxygens (including phenoxy) is 1. The average Bonchev–Trinajstić information content (AvgIpc) is 3.61. The number of para-hydroxylation sites is 1. The van der Waals surface area contributed by atoms with Crippen molar-refractivity contribution in [1.29, 1.82) is 0 Å². The first kappa shape index (κ1) is 25.4. The Bertz CT molecular complexity index is 1430. The van der Waals surface area contributed by atoms with E-state index >= 15 is 0 Å². The first-order valence-corrected chi connectivity index (χ1v) is 13.3. The van der Waals surface area contributed by atoms with Crippen LogP contribution in [0.5, 0.6) is 0 Å². The number of β-amino-alcohol motifs (C(OH)–C–C–N with tert-alkyl or cyclic N) is 1. The zero-order chi connectivity index (χ0) is 27.4. The number of carbonyl (C=O) groups is 3. The van der Waals surface area contributed by atoms with Crippen LogP contribution in [0.15, 0.2) is 54.6 Å². The Labute approximate surface area is 225 Å². The first-order chi connectivity index (χ1) is 18.8. The Balaban J connectivity index is 1.28. The van der Waals surface area contributed by atoms with Gasteiger partial charge in [0.05, 0.1) is 29.6 Å². The van der Waals surface area contributed by atoms with E-state index in [0.717, 1.165) is 11.1 Å². The second kappa shape index (κ2) is 9.42. The molecule has 6 rings (SSSR count). The van der Waals surface area contributed by atoms with Crippen molar-refractivity contribution in [2.75, 3.05) is 13.2 Å². The van der Waals surface area contributed by atoms with Crippen molar-refractivity contribution in [1.82, 2.24) is 30.5 Å². The predicted molar refractivity (Wildman–Crippen MR) is 140 cm³/mol. The SMILES string of the molecule is CC1CC23O[C@@]1(C)[C@H](C(=O)NCc1ccccc1)[C@H]2C(=O)N(CCO)C3C(=O)NCn1nnc2ccccc21. The molecule has 1 aromatic heterocycles. The molecule has 204 valence electrons. The molecule has 39 heavy (non-hydrogen) atoms. The fraction of sp³-hybridized carbons (Fsp3) is 0.464.